The Morgan fingerprint density at radius 3 is 2.74 bits per heavy atom. The minimum atomic E-state index is -1.09. The number of carbonyl (C=O) groups is 2. The monoisotopic (exact) mass is 267 g/mol. The standard InChI is InChI=1S/C13H11NO4.Na/c15-12(11-2-1-7-18-11)10-4-3-9-8(13(16)17)5-6-14(9)10;/h1-4,7-8H,5-6H2,(H,16,17);/q;+1/p-1. The molecule has 0 spiro atoms. The molecule has 3 heterocycles. The van der Waals surface area contributed by atoms with Crippen molar-refractivity contribution in [1.82, 2.24) is 4.57 Å². The van der Waals surface area contributed by atoms with Crippen LogP contribution >= 0.6 is 0 Å². The van der Waals surface area contributed by atoms with Crippen molar-refractivity contribution in [3.63, 3.8) is 0 Å². The third-order valence-corrected chi connectivity index (χ3v) is 3.27. The molecule has 1 unspecified atom stereocenters. The first-order valence-corrected chi connectivity index (χ1v) is 5.67. The van der Waals surface area contributed by atoms with Gasteiger partial charge in [-0.05, 0) is 30.7 Å². The summed E-state index contributed by atoms with van der Waals surface area (Å²) in [6, 6.07) is 6.54. The molecule has 0 bridgehead atoms. The maximum absolute atomic E-state index is 12.1. The zero-order valence-corrected chi connectivity index (χ0v) is 12.5. The van der Waals surface area contributed by atoms with Crippen LogP contribution < -0.4 is 34.7 Å². The minimum Gasteiger partial charge on any atom is -0.549 e. The molecule has 1 aliphatic heterocycles. The Hall–Kier alpha value is -1.30. The van der Waals surface area contributed by atoms with E-state index in [9.17, 15) is 14.7 Å². The molecule has 5 nitrogen and oxygen atoms in total. The number of hydrogen-bond acceptors (Lipinski definition) is 4. The summed E-state index contributed by atoms with van der Waals surface area (Å²) in [5.41, 5.74) is 1.09. The second kappa shape index (κ2) is 5.36. The fourth-order valence-corrected chi connectivity index (χ4v) is 2.41. The van der Waals surface area contributed by atoms with E-state index in [4.69, 9.17) is 4.42 Å². The van der Waals surface area contributed by atoms with Gasteiger partial charge in [0.25, 0.3) is 0 Å². The van der Waals surface area contributed by atoms with Crippen LogP contribution in [0.3, 0.4) is 0 Å². The van der Waals surface area contributed by atoms with E-state index >= 15 is 0 Å². The summed E-state index contributed by atoms with van der Waals surface area (Å²) >= 11 is 0. The molecule has 2 aromatic heterocycles. The number of rotatable bonds is 3. The molecule has 19 heavy (non-hydrogen) atoms. The average molecular weight is 267 g/mol. The summed E-state index contributed by atoms with van der Waals surface area (Å²) in [5.74, 6) is -1.69. The van der Waals surface area contributed by atoms with Crippen LogP contribution in [0, 0.1) is 0 Å². The number of aliphatic carboxylic acids is 1. The predicted octanol–water partition coefficient (Wildman–Crippen LogP) is -2.45. The van der Waals surface area contributed by atoms with E-state index in [1.54, 1.807) is 28.8 Å². The van der Waals surface area contributed by atoms with E-state index in [1.165, 1.54) is 6.26 Å². The van der Waals surface area contributed by atoms with Gasteiger partial charge in [0.15, 0.2) is 5.76 Å². The van der Waals surface area contributed by atoms with Crippen LogP contribution in [0.5, 0.6) is 0 Å². The molecule has 0 amide bonds. The fraction of sp³-hybridized carbons (Fsp3) is 0.231. The fourth-order valence-electron chi connectivity index (χ4n) is 2.41. The molecule has 0 fully saturated rings. The van der Waals surface area contributed by atoms with Gasteiger partial charge in [-0.15, -0.1) is 0 Å². The summed E-state index contributed by atoms with van der Waals surface area (Å²) in [7, 11) is 0. The molecule has 1 atom stereocenters. The van der Waals surface area contributed by atoms with Crippen molar-refractivity contribution in [3.05, 3.63) is 47.7 Å². The molecule has 2 aromatic rings. The Bertz CT molecular complexity index is 615. The molecule has 92 valence electrons. The second-order valence-corrected chi connectivity index (χ2v) is 4.26. The van der Waals surface area contributed by atoms with Gasteiger partial charge in [-0.3, -0.25) is 4.79 Å². The summed E-state index contributed by atoms with van der Waals surface area (Å²) < 4.78 is 6.79. The van der Waals surface area contributed by atoms with E-state index in [1.807, 2.05) is 0 Å². The molecule has 6 heteroatoms. The number of carboxylic acid groups (broad SMARTS) is 1. The Kier molecular flexibility index (Phi) is 3.99. The van der Waals surface area contributed by atoms with E-state index in [0.717, 1.165) is 0 Å². The number of aromatic nitrogens is 1. The predicted molar refractivity (Wildman–Crippen MR) is 58.9 cm³/mol. The molecular formula is C13H10NNaO4. The van der Waals surface area contributed by atoms with Crippen molar-refractivity contribution in [2.75, 3.05) is 0 Å². The maximum Gasteiger partial charge on any atom is 1.00 e. The van der Waals surface area contributed by atoms with Gasteiger partial charge >= 0.3 is 29.6 Å². The quantitative estimate of drug-likeness (QED) is 0.457. The van der Waals surface area contributed by atoms with Crippen LogP contribution in [0.4, 0.5) is 0 Å². The average Bonchev–Trinajstić information content (AvgIpc) is 3.04. The Morgan fingerprint density at radius 1 is 1.32 bits per heavy atom. The van der Waals surface area contributed by atoms with Gasteiger partial charge in [-0.25, -0.2) is 0 Å². The smallest absolute Gasteiger partial charge is 0.549 e. The first-order valence-electron chi connectivity index (χ1n) is 5.67. The Balaban J connectivity index is 0.00000133. The van der Waals surface area contributed by atoms with Gasteiger partial charge < -0.3 is 18.9 Å². The van der Waals surface area contributed by atoms with Gasteiger partial charge in [-0.2, -0.15) is 0 Å². The van der Waals surface area contributed by atoms with Crippen LogP contribution in [0.1, 0.15) is 34.3 Å². The van der Waals surface area contributed by atoms with E-state index in [0.29, 0.717) is 24.4 Å². The minimum absolute atomic E-state index is 0. The number of carboxylic acids is 1. The number of nitrogens with zero attached hydrogens (tertiary/aromatic N) is 1. The molecular weight excluding hydrogens is 257 g/mol. The number of fused-ring (bicyclic) bond motifs is 1. The molecule has 1 aliphatic rings. The van der Waals surface area contributed by atoms with Gasteiger partial charge in [0.2, 0.25) is 5.78 Å². The van der Waals surface area contributed by atoms with Crippen LogP contribution in [-0.2, 0) is 11.3 Å². The van der Waals surface area contributed by atoms with Gasteiger partial charge in [0.1, 0.15) is 0 Å². The zero-order chi connectivity index (χ0) is 12.7. The molecule has 0 N–H and O–H groups in total. The molecule has 0 aromatic carbocycles. The van der Waals surface area contributed by atoms with Crippen molar-refractivity contribution >= 4 is 11.8 Å². The van der Waals surface area contributed by atoms with Crippen molar-refractivity contribution in [2.24, 2.45) is 0 Å². The van der Waals surface area contributed by atoms with Crippen molar-refractivity contribution in [1.29, 1.82) is 0 Å². The maximum atomic E-state index is 12.1. The second-order valence-electron chi connectivity index (χ2n) is 4.26. The number of ketones is 1. The van der Waals surface area contributed by atoms with Gasteiger partial charge in [0, 0.05) is 18.2 Å². The van der Waals surface area contributed by atoms with Crippen LogP contribution in [0.2, 0.25) is 0 Å². The summed E-state index contributed by atoms with van der Waals surface area (Å²) in [4.78, 5) is 23.1. The first kappa shape index (κ1) is 14.1. The summed E-state index contributed by atoms with van der Waals surface area (Å²) in [5, 5.41) is 10.9. The van der Waals surface area contributed by atoms with Gasteiger partial charge in [0.05, 0.1) is 17.9 Å². The van der Waals surface area contributed by atoms with E-state index in [-0.39, 0.29) is 41.1 Å². The molecule has 0 radical (unpaired) electrons. The first-order chi connectivity index (χ1) is 8.68. The third-order valence-electron chi connectivity index (χ3n) is 3.27. The molecule has 3 rings (SSSR count). The van der Waals surface area contributed by atoms with Crippen molar-refractivity contribution in [3.8, 4) is 0 Å². The van der Waals surface area contributed by atoms with Crippen LogP contribution in [-0.4, -0.2) is 16.3 Å². The van der Waals surface area contributed by atoms with E-state index < -0.39 is 11.9 Å². The summed E-state index contributed by atoms with van der Waals surface area (Å²) in [6.07, 6.45) is 1.90. The Morgan fingerprint density at radius 2 is 2.11 bits per heavy atom. The van der Waals surface area contributed by atoms with Crippen LogP contribution in [0.25, 0.3) is 0 Å². The molecule has 0 saturated heterocycles. The normalized spacial score (nSPS) is 16.7. The number of hydrogen-bond donors (Lipinski definition) is 0. The van der Waals surface area contributed by atoms with E-state index in [2.05, 4.69) is 0 Å². The third kappa shape index (κ3) is 2.29. The molecule has 0 saturated carbocycles. The van der Waals surface area contributed by atoms with Gasteiger partial charge in [-0.1, -0.05) is 0 Å². The Labute approximate surface area is 131 Å². The van der Waals surface area contributed by atoms with Crippen molar-refractivity contribution < 1.29 is 48.7 Å². The summed E-state index contributed by atoms with van der Waals surface area (Å²) in [6.45, 7) is 0.517. The molecule has 0 aliphatic carbocycles. The number of furan rings is 1. The van der Waals surface area contributed by atoms with Crippen molar-refractivity contribution in [2.45, 2.75) is 18.9 Å². The SMILES string of the molecule is O=C(c1ccco1)c1ccc2n1CCC2C(=O)[O-].[Na+]. The van der Waals surface area contributed by atoms with Crippen LogP contribution in [0.15, 0.2) is 34.9 Å². The zero-order valence-electron chi connectivity index (χ0n) is 10.5. The largest absolute Gasteiger partial charge is 1.00 e. The number of carbonyl (C=O) groups excluding carboxylic acids is 2. The topological polar surface area (TPSA) is 75.3 Å².